The first-order chi connectivity index (χ1) is 22.2. The first kappa shape index (κ1) is 28.6. The van der Waals surface area contributed by atoms with Gasteiger partial charge in [-0.05, 0) is 17.7 Å². The molecule has 13 heteroatoms. The largest absolute Gasteiger partial charge is 0.394 e. The molecule has 4 N–H and O–H groups in total. The number of carbonyl (C=O) groups is 2. The van der Waals surface area contributed by atoms with Crippen LogP contribution in [0, 0.1) is 23.3 Å². The zero-order valence-electron chi connectivity index (χ0n) is 23.6. The van der Waals surface area contributed by atoms with E-state index in [-0.39, 0.29) is 67.8 Å². The Morgan fingerprint density at radius 1 is 0.891 bits per heavy atom. The van der Waals surface area contributed by atoms with Crippen LogP contribution in [-0.4, -0.2) is 56.5 Å². The maximum Gasteiger partial charge on any atom is 0.259 e. The molecule has 0 aliphatic carbocycles. The fourth-order valence-electron chi connectivity index (χ4n) is 6.83. The van der Waals surface area contributed by atoms with Crippen LogP contribution in [0.3, 0.4) is 0 Å². The Balaban J connectivity index is 1.50. The van der Waals surface area contributed by atoms with Crippen LogP contribution in [0.4, 0.5) is 17.6 Å². The summed E-state index contributed by atoms with van der Waals surface area (Å²) in [6.07, 6.45) is -4.59. The Morgan fingerprint density at radius 2 is 1.54 bits per heavy atom. The third kappa shape index (κ3) is 4.09. The number of carbonyl (C=O) groups excluding carboxylic acids is 2. The molecule has 8 rings (SSSR count). The number of hydrogen-bond acceptors (Lipinski definition) is 6. The van der Waals surface area contributed by atoms with Crippen molar-refractivity contribution in [1.82, 2.24) is 14.9 Å². The molecule has 0 radical (unpaired) electrons. The molecular formula is C33H23F4N3O6. The van der Waals surface area contributed by atoms with Gasteiger partial charge in [0.05, 0.1) is 53.1 Å². The van der Waals surface area contributed by atoms with Gasteiger partial charge in [-0.1, -0.05) is 30.3 Å². The minimum Gasteiger partial charge on any atom is -0.394 e. The Kier molecular flexibility index (Phi) is 6.45. The summed E-state index contributed by atoms with van der Waals surface area (Å²) in [6.45, 7) is -0.468. The van der Waals surface area contributed by atoms with Crippen molar-refractivity contribution in [2.45, 2.75) is 37.6 Å². The summed E-state index contributed by atoms with van der Waals surface area (Å²) in [6, 6.07) is 12.6. The van der Waals surface area contributed by atoms with Crippen molar-refractivity contribution >= 4 is 55.4 Å². The molecule has 4 heterocycles. The summed E-state index contributed by atoms with van der Waals surface area (Å²) < 4.78 is 72.8. The van der Waals surface area contributed by atoms with Gasteiger partial charge in [0.25, 0.3) is 11.8 Å². The van der Waals surface area contributed by atoms with Crippen molar-refractivity contribution in [3.8, 4) is 0 Å². The molecule has 6 aromatic rings. The number of amides is 2. The lowest BCUT2D eigenvalue weighted by molar-refractivity contribution is -0.222. The minimum atomic E-state index is -1.31. The fraction of sp³-hybridized carbons (Fsp3) is 0.212. The molecule has 1 fully saturated rings. The molecule has 0 bridgehead atoms. The van der Waals surface area contributed by atoms with Gasteiger partial charge in [0.2, 0.25) is 0 Å². The highest BCUT2D eigenvalue weighted by atomic mass is 19.2. The smallest absolute Gasteiger partial charge is 0.259 e. The molecule has 2 aliphatic heterocycles. The summed E-state index contributed by atoms with van der Waals surface area (Å²) in [7, 11) is 0. The summed E-state index contributed by atoms with van der Waals surface area (Å²) in [4.78, 5) is 29.6. The number of benzene rings is 4. The number of aliphatic hydroxyl groups excluding tert-OH is 2. The van der Waals surface area contributed by atoms with Crippen LogP contribution in [0.15, 0.2) is 54.6 Å². The highest BCUT2D eigenvalue weighted by Crippen LogP contribution is 2.47. The van der Waals surface area contributed by atoms with Gasteiger partial charge < -0.3 is 29.2 Å². The first-order valence-electron chi connectivity index (χ1n) is 14.4. The monoisotopic (exact) mass is 633 g/mol. The predicted molar refractivity (Wildman–Crippen MR) is 157 cm³/mol. The molecule has 234 valence electrons. The number of fused-ring (bicyclic) bond motifs is 10. The number of imide groups is 1. The number of nitrogens with zero attached hydrogens (tertiary/aromatic N) is 1. The lowest BCUT2D eigenvalue weighted by atomic mass is 9.96. The van der Waals surface area contributed by atoms with E-state index in [9.17, 15) is 33.0 Å². The van der Waals surface area contributed by atoms with Gasteiger partial charge in [-0.15, -0.1) is 0 Å². The van der Waals surface area contributed by atoms with Crippen molar-refractivity contribution in [3.63, 3.8) is 0 Å². The molecule has 4 aromatic carbocycles. The number of rotatable bonds is 5. The SMILES string of the molecule is O=C1NC(=O)c2c1c1c3cc(F)c(F)cc3[nH]c1c1c2c2cc(F)c(F)cc2n1C1O[C@H](CO)C[C@H](O)[C@H]1OCc1ccccc1. The number of aromatic amines is 1. The third-order valence-corrected chi connectivity index (χ3v) is 8.79. The Morgan fingerprint density at radius 3 is 2.26 bits per heavy atom. The molecule has 2 aromatic heterocycles. The summed E-state index contributed by atoms with van der Waals surface area (Å²) in [5.41, 5.74) is 0.743. The van der Waals surface area contributed by atoms with Gasteiger partial charge in [0.15, 0.2) is 29.5 Å². The van der Waals surface area contributed by atoms with Crippen LogP contribution < -0.4 is 5.32 Å². The highest BCUT2D eigenvalue weighted by molar-refractivity contribution is 6.39. The lowest BCUT2D eigenvalue weighted by Crippen LogP contribution is -2.48. The van der Waals surface area contributed by atoms with E-state index >= 15 is 4.39 Å². The molecule has 0 saturated carbocycles. The van der Waals surface area contributed by atoms with Crippen molar-refractivity contribution in [3.05, 3.63) is 94.6 Å². The molecule has 1 saturated heterocycles. The quantitative estimate of drug-likeness (QED) is 0.155. The molecule has 0 spiro atoms. The number of hydrogen-bond donors (Lipinski definition) is 4. The first-order valence-corrected chi connectivity index (χ1v) is 14.4. The minimum absolute atomic E-state index is 0.0101. The molecular weight excluding hydrogens is 610 g/mol. The van der Waals surface area contributed by atoms with E-state index in [0.717, 1.165) is 29.8 Å². The van der Waals surface area contributed by atoms with Crippen molar-refractivity contribution in [1.29, 1.82) is 0 Å². The summed E-state index contributed by atoms with van der Waals surface area (Å²) in [5, 5.41) is 23.8. The number of aromatic nitrogens is 2. The van der Waals surface area contributed by atoms with Gasteiger partial charge in [-0.3, -0.25) is 14.9 Å². The number of nitrogens with one attached hydrogen (secondary N) is 2. The highest BCUT2D eigenvalue weighted by Gasteiger charge is 2.43. The zero-order valence-corrected chi connectivity index (χ0v) is 23.6. The lowest BCUT2D eigenvalue weighted by Gasteiger charge is -2.40. The second-order valence-corrected chi connectivity index (χ2v) is 11.5. The van der Waals surface area contributed by atoms with Crippen molar-refractivity contribution in [2.75, 3.05) is 6.61 Å². The van der Waals surface area contributed by atoms with Gasteiger partial charge in [-0.25, -0.2) is 17.6 Å². The number of H-pyrrole nitrogens is 1. The predicted octanol–water partition coefficient (Wildman–Crippen LogP) is 5.10. The third-order valence-electron chi connectivity index (χ3n) is 8.79. The van der Waals surface area contributed by atoms with E-state index in [4.69, 9.17) is 9.47 Å². The van der Waals surface area contributed by atoms with E-state index in [1.54, 1.807) is 12.1 Å². The van der Waals surface area contributed by atoms with Gasteiger partial charge in [0, 0.05) is 45.6 Å². The van der Waals surface area contributed by atoms with E-state index in [1.807, 2.05) is 18.2 Å². The van der Waals surface area contributed by atoms with Crippen molar-refractivity contribution < 1.29 is 46.8 Å². The number of halogens is 4. The van der Waals surface area contributed by atoms with Gasteiger partial charge in [-0.2, -0.15) is 0 Å². The van der Waals surface area contributed by atoms with E-state index in [0.29, 0.717) is 0 Å². The van der Waals surface area contributed by atoms with Crippen LogP contribution in [0.25, 0.3) is 43.6 Å². The molecule has 2 aliphatic rings. The molecule has 4 atom stereocenters. The van der Waals surface area contributed by atoms with Crippen LogP contribution in [-0.2, 0) is 16.1 Å². The average Bonchev–Trinajstić information content (AvgIpc) is 3.65. The molecule has 1 unspecified atom stereocenters. The maximum atomic E-state index is 15.0. The number of aliphatic hydroxyl groups is 2. The average molecular weight is 634 g/mol. The zero-order chi connectivity index (χ0) is 32.0. The summed E-state index contributed by atoms with van der Waals surface area (Å²) in [5.74, 6) is -6.48. The van der Waals surface area contributed by atoms with E-state index in [1.165, 1.54) is 4.57 Å². The molecule has 2 amide bonds. The Bertz CT molecular complexity index is 2270. The van der Waals surface area contributed by atoms with Crippen LogP contribution in [0.1, 0.15) is 38.9 Å². The maximum absolute atomic E-state index is 15.0. The van der Waals surface area contributed by atoms with Crippen LogP contribution >= 0.6 is 0 Å². The second kappa shape index (κ2) is 10.4. The second-order valence-electron chi connectivity index (χ2n) is 11.5. The fourth-order valence-corrected chi connectivity index (χ4v) is 6.83. The van der Waals surface area contributed by atoms with E-state index in [2.05, 4.69) is 10.3 Å². The Hall–Kier alpha value is -4.82. The molecule has 9 nitrogen and oxygen atoms in total. The van der Waals surface area contributed by atoms with Gasteiger partial charge in [0.1, 0.15) is 6.10 Å². The number of ether oxygens (including phenoxy) is 2. The van der Waals surface area contributed by atoms with Crippen molar-refractivity contribution in [2.24, 2.45) is 0 Å². The Labute approximate surface area is 255 Å². The van der Waals surface area contributed by atoms with Gasteiger partial charge >= 0.3 is 0 Å². The topological polar surface area (TPSA) is 126 Å². The van der Waals surface area contributed by atoms with E-state index < -0.39 is 66.2 Å². The summed E-state index contributed by atoms with van der Waals surface area (Å²) >= 11 is 0. The molecule has 46 heavy (non-hydrogen) atoms. The van der Waals surface area contributed by atoms with Crippen LogP contribution in [0.5, 0.6) is 0 Å². The normalized spacial score (nSPS) is 21.6. The van der Waals surface area contributed by atoms with Crippen LogP contribution in [0.2, 0.25) is 0 Å². The standard InChI is InChI=1S/C33H23F4N3O6/c34-17-7-15-21(9-19(17)36)38-28-24(15)26-27(32(44)39-31(26)43)25-16-8-18(35)20(37)10-22(16)40(29(25)28)33-30(23(42)6-14(11-41)46-33)45-12-13-4-2-1-3-5-13/h1-5,7-10,14,23,30,33,38,41-42H,6,11-12H2,(H,39,43,44)/t14-,23-,30+,33?/m0/s1.